The average molecular weight is 403 g/mol. The van der Waals surface area contributed by atoms with Crippen LogP contribution in [0.15, 0.2) is 22.7 Å². The van der Waals surface area contributed by atoms with Crippen LogP contribution in [0.25, 0.3) is 0 Å². The number of hydrogen-bond donors (Lipinski definition) is 1. The highest BCUT2D eigenvalue weighted by Crippen LogP contribution is 2.34. The topological polar surface area (TPSA) is 29.1 Å². The van der Waals surface area contributed by atoms with Crippen molar-refractivity contribution in [2.24, 2.45) is 0 Å². The molecule has 0 saturated carbocycles. The van der Waals surface area contributed by atoms with Crippen molar-refractivity contribution in [3.05, 3.63) is 28.2 Å². The van der Waals surface area contributed by atoms with Crippen molar-refractivity contribution in [3.8, 4) is 0 Å². The Morgan fingerprint density at radius 2 is 1.95 bits per heavy atom. The van der Waals surface area contributed by atoms with Crippen molar-refractivity contribution >= 4 is 43.5 Å². The van der Waals surface area contributed by atoms with Crippen LogP contribution in [0.1, 0.15) is 24.8 Å². The number of carbonyl (C=O) groups excluding carboxylic acids is 1. The molecule has 1 aromatic rings. The third-order valence-electron chi connectivity index (χ3n) is 2.36. The van der Waals surface area contributed by atoms with Gasteiger partial charge in [-0.3, -0.25) is 4.79 Å². The van der Waals surface area contributed by atoms with Crippen molar-refractivity contribution in [2.75, 3.05) is 10.6 Å². The third-order valence-corrected chi connectivity index (χ3v) is 3.61. The second-order valence-corrected chi connectivity index (χ2v) is 5.53. The number of anilines is 1. The lowest BCUT2D eigenvalue weighted by Crippen LogP contribution is -2.13. The molecule has 0 aliphatic carbocycles. The number of alkyl halides is 4. The van der Waals surface area contributed by atoms with E-state index in [1.54, 1.807) is 0 Å². The lowest BCUT2D eigenvalue weighted by molar-refractivity contribution is -0.137. The molecule has 7 heteroatoms. The summed E-state index contributed by atoms with van der Waals surface area (Å²) in [5.74, 6) is -0.291. The summed E-state index contributed by atoms with van der Waals surface area (Å²) in [5, 5.41) is 3.28. The number of benzene rings is 1. The first-order valence-corrected chi connectivity index (χ1v) is 7.48. The van der Waals surface area contributed by atoms with Gasteiger partial charge in [0.25, 0.3) is 0 Å². The summed E-state index contributed by atoms with van der Waals surface area (Å²) in [6.07, 6.45) is -2.60. The second-order valence-electron chi connectivity index (χ2n) is 3.89. The van der Waals surface area contributed by atoms with Gasteiger partial charge in [0.15, 0.2) is 0 Å². The van der Waals surface area contributed by atoms with E-state index in [9.17, 15) is 18.0 Å². The molecular weight excluding hydrogens is 391 g/mol. The maximum atomic E-state index is 12.6. The van der Waals surface area contributed by atoms with Crippen molar-refractivity contribution in [2.45, 2.75) is 25.4 Å². The normalized spacial score (nSPS) is 11.4. The fourth-order valence-electron chi connectivity index (χ4n) is 1.39. The van der Waals surface area contributed by atoms with E-state index in [0.717, 1.165) is 23.9 Å². The summed E-state index contributed by atoms with van der Waals surface area (Å²) < 4.78 is 38.1. The minimum absolute atomic E-state index is 0.138. The van der Waals surface area contributed by atoms with Gasteiger partial charge in [-0.15, -0.1) is 0 Å². The summed E-state index contributed by atoms with van der Waals surface area (Å²) in [6, 6.07) is 3.16. The zero-order valence-electron chi connectivity index (χ0n) is 9.86. The van der Waals surface area contributed by atoms with E-state index in [0.29, 0.717) is 10.9 Å². The third kappa shape index (κ3) is 5.52. The number of halogens is 5. The van der Waals surface area contributed by atoms with Crippen molar-refractivity contribution in [1.82, 2.24) is 0 Å². The lowest BCUT2D eigenvalue weighted by Gasteiger charge is -2.11. The molecule has 1 aromatic carbocycles. The van der Waals surface area contributed by atoms with Gasteiger partial charge in [0.05, 0.1) is 11.3 Å². The molecule has 19 heavy (non-hydrogen) atoms. The summed E-state index contributed by atoms with van der Waals surface area (Å²) in [5.41, 5.74) is -0.648. The van der Waals surface area contributed by atoms with Gasteiger partial charge in [-0.25, -0.2) is 0 Å². The standard InChI is InChI=1S/C12H12Br2F3NO/c13-6-2-1-3-11(19)18-10-7-8(12(15,16)17)4-5-9(10)14/h4-5,7H,1-3,6H2,(H,18,19). The Balaban J connectivity index is 2.74. The van der Waals surface area contributed by atoms with Gasteiger partial charge >= 0.3 is 6.18 Å². The molecule has 1 rings (SSSR count). The molecule has 1 N–H and O–H groups in total. The maximum Gasteiger partial charge on any atom is 0.416 e. The van der Waals surface area contributed by atoms with Crippen LogP contribution >= 0.6 is 31.9 Å². The van der Waals surface area contributed by atoms with Crippen molar-refractivity contribution in [3.63, 3.8) is 0 Å². The van der Waals surface area contributed by atoms with Crippen LogP contribution in [0, 0.1) is 0 Å². The molecule has 0 aliphatic rings. The van der Waals surface area contributed by atoms with Crippen LogP contribution < -0.4 is 5.32 Å². The highest BCUT2D eigenvalue weighted by atomic mass is 79.9. The quantitative estimate of drug-likeness (QED) is 0.546. The fraction of sp³-hybridized carbons (Fsp3) is 0.417. The molecule has 106 valence electrons. The Hall–Kier alpha value is -0.560. The van der Waals surface area contributed by atoms with Crippen LogP contribution in [-0.4, -0.2) is 11.2 Å². The minimum atomic E-state index is -4.42. The molecule has 0 heterocycles. The molecule has 0 bridgehead atoms. The van der Waals surface area contributed by atoms with Gasteiger partial charge in [0.1, 0.15) is 0 Å². The Kier molecular flexibility index (Phi) is 6.32. The Morgan fingerprint density at radius 3 is 2.53 bits per heavy atom. The van der Waals surface area contributed by atoms with Gasteiger partial charge < -0.3 is 5.32 Å². The zero-order chi connectivity index (χ0) is 14.5. The Morgan fingerprint density at radius 1 is 1.26 bits per heavy atom. The Bertz CT molecular complexity index is 449. The molecular formula is C12H12Br2F3NO. The molecule has 0 aliphatic heterocycles. The van der Waals surface area contributed by atoms with Crippen molar-refractivity contribution < 1.29 is 18.0 Å². The molecule has 0 atom stereocenters. The van der Waals surface area contributed by atoms with Crippen LogP contribution in [0.3, 0.4) is 0 Å². The first-order chi connectivity index (χ1) is 8.84. The van der Waals surface area contributed by atoms with Crippen molar-refractivity contribution in [1.29, 1.82) is 0 Å². The van der Waals surface area contributed by atoms with Gasteiger partial charge in [-0.2, -0.15) is 13.2 Å². The van der Waals surface area contributed by atoms with Gasteiger partial charge in [0.2, 0.25) is 5.91 Å². The lowest BCUT2D eigenvalue weighted by atomic mass is 10.2. The molecule has 2 nitrogen and oxygen atoms in total. The zero-order valence-corrected chi connectivity index (χ0v) is 13.0. The van der Waals surface area contributed by atoms with Crippen LogP contribution in [0.2, 0.25) is 0 Å². The monoisotopic (exact) mass is 401 g/mol. The fourth-order valence-corrected chi connectivity index (χ4v) is 2.13. The molecule has 0 aromatic heterocycles. The van der Waals surface area contributed by atoms with E-state index in [4.69, 9.17) is 0 Å². The van der Waals surface area contributed by atoms with E-state index in [2.05, 4.69) is 37.2 Å². The molecule has 0 fully saturated rings. The number of amides is 1. The number of nitrogens with one attached hydrogen (secondary N) is 1. The second kappa shape index (κ2) is 7.28. The smallest absolute Gasteiger partial charge is 0.325 e. The Labute approximate surface area is 126 Å². The highest BCUT2D eigenvalue weighted by Gasteiger charge is 2.31. The highest BCUT2D eigenvalue weighted by molar-refractivity contribution is 9.10. The number of unbranched alkanes of at least 4 members (excludes halogenated alkanes) is 1. The molecule has 0 saturated heterocycles. The van der Waals surface area contributed by atoms with E-state index in [1.165, 1.54) is 6.07 Å². The summed E-state index contributed by atoms with van der Waals surface area (Å²) in [6.45, 7) is 0. The van der Waals surface area contributed by atoms with Gasteiger partial charge in [0, 0.05) is 16.2 Å². The summed E-state index contributed by atoms with van der Waals surface area (Å²) in [4.78, 5) is 11.6. The summed E-state index contributed by atoms with van der Waals surface area (Å²) in [7, 11) is 0. The first kappa shape index (κ1) is 16.5. The minimum Gasteiger partial charge on any atom is -0.325 e. The molecule has 0 spiro atoms. The summed E-state index contributed by atoms with van der Waals surface area (Å²) >= 11 is 6.36. The van der Waals surface area contributed by atoms with E-state index >= 15 is 0 Å². The van der Waals surface area contributed by atoms with Crippen LogP contribution in [0.5, 0.6) is 0 Å². The predicted molar refractivity (Wildman–Crippen MR) is 75.4 cm³/mol. The largest absolute Gasteiger partial charge is 0.416 e. The van der Waals surface area contributed by atoms with Crippen LogP contribution in [0.4, 0.5) is 18.9 Å². The average Bonchev–Trinajstić information content (AvgIpc) is 2.31. The first-order valence-electron chi connectivity index (χ1n) is 5.57. The van der Waals surface area contributed by atoms with Gasteiger partial charge in [-0.05, 0) is 47.0 Å². The molecule has 0 radical (unpaired) electrons. The predicted octanol–water partition coefficient (Wildman–Crippen LogP) is 4.97. The number of carbonyl (C=O) groups is 1. The maximum absolute atomic E-state index is 12.6. The SMILES string of the molecule is O=C(CCCCBr)Nc1cc(C(F)(F)F)ccc1Br. The molecule has 0 unspecified atom stereocenters. The number of rotatable bonds is 5. The molecule has 1 amide bonds. The van der Waals surface area contributed by atoms with E-state index in [-0.39, 0.29) is 18.0 Å². The van der Waals surface area contributed by atoms with Gasteiger partial charge in [-0.1, -0.05) is 15.9 Å². The van der Waals surface area contributed by atoms with E-state index < -0.39 is 11.7 Å². The number of hydrogen-bond acceptors (Lipinski definition) is 1. The van der Waals surface area contributed by atoms with E-state index in [1.807, 2.05) is 0 Å². The van der Waals surface area contributed by atoms with Crippen LogP contribution in [-0.2, 0) is 11.0 Å².